The van der Waals surface area contributed by atoms with E-state index in [0.717, 1.165) is 18.0 Å². The molecule has 1 aliphatic rings. The third-order valence-electron chi connectivity index (χ3n) is 3.94. The van der Waals surface area contributed by atoms with E-state index in [-0.39, 0.29) is 11.8 Å². The Kier molecular flexibility index (Phi) is 5.53. The van der Waals surface area contributed by atoms with E-state index in [9.17, 15) is 8.78 Å². The number of nitrogens with two attached hydrogens (primary N) is 1. The number of nitrogens with zero attached hydrogens (tertiary/aromatic N) is 1. The van der Waals surface area contributed by atoms with E-state index in [1.54, 1.807) is 12.1 Å². The van der Waals surface area contributed by atoms with Crippen LogP contribution in [0.15, 0.2) is 24.3 Å². The molecule has 1 atom stereocenters. The van der Waals surface area contributed by atoms with E-state index < -0.39 is 6.61 Å². The molecule has 1 aromatic rings. The Morgan fingerprint density at radius 3 is 2.29 bits per heavy atom. The van der Waals surface area contributed by atoms with Gasteiger partial charge < -0.3 is 10.5 Å². The zero-order valence-electron chi connectivity index (χ0n) is 12.6. The molecule has 0 spiro atoms. The van der Waals surface area contributed by atoms with Gasteiger partial charge in [0.25, 0.3) is 0 Å². The first-order valence-corrected chi connectivity index (χ1v) is 7.51. The molecule has 0 aromatic heterocycles. The minimum Gasteiger partial charge on any atom is -0.435 e. The Hall–Kier alpha value is -1.20. The normalized spacial score (nSPS) is 16.8. The zero-order chi connectivity index (χ0) is 15.4. The topological polar surface area (TPSA) is 38.5 Å². The Morgan fingerprint density at radius 2 is 1.86 bits per heavy atom. The first-order chi connectivity index (χ1) is 10.0. The molecular weight excluding hydrogens is 274 g/mol. The Morgan fingerprint density at radius 1 is 1.24 bits per heavy atom. The van der Waals surface area contributed by atoms with Crippen molar-refractivity contribution in [1.29, 1.82) is 0 Å². The fourth-order valence-electron chi connectivity index (χ4n) is 2.63. The average molecular weight is 298 g/mol. The van der Waals surface area contributed by atoms with Crippen LogP contribution in [0, 0.1) is 5.92 Å². The number of alkyl halides is 2. The lowest BCUT2D eigenvalue weighted by molar-refractivity contribution is -0.0498. The highest BCUT2D eigenvalue weighted by molar-refractivity contribution is 5.29. The zero-order valence-corrected chi connectivity index (χ0v) is 12.6. The number of hydrogen-bond acceptors (Lipinski definition) is 3. The van der Waals surface area contributed by atoms with Crippen molar-refractivity contribution in [3.63, 3.8) is 0 Å². The van der Waals surface area contributed by atoms with Crippen LogP contribution >= 0.6 is 0 Å². The summed E-state index contributed by atoms with van der Waals surface area (Å²) >= 11 is 0. The molecule has 118 valence electrons. The SMILES string of the molecule is CC(C)N(CC1CC1)C(CN)c1ccc(OC(F)F)cc1. The summed E-state index contributed by atoms with van der Waals surface area (Å²) in [4.78, 5) is 2.40. The predicted molar refractivity (Wildman–Crippen MR) is 79.4 cm³/mol. The van der Waals surface area contributed by atoms with Crippen molar-refractivity contribution >= 4 is 0 Å². The van der Waals surface area contributed by atoms with E-state index in [4.69, 9.17) is 5.73 Å². The van der Waals surface area contributed by atoms with Gasteiger partial charge in [0.15, 0.2) is 0 Å². The van der Waals surface area contributed by atoms with Crippen LogP contribution in [-0.2, 0) is 0 Å². The van der Waals surface area contributed by atoms with Gasteiger partial charge in [-0.15, -0.1) is 0 Å². The number of hydrogen-bond donors (Lipinski definition) is 1. The summed E-state index contributed by atoms with van der Waals surface area (Å²) in [5.41, 5.74) is 7.01. The second-order valence-electron chi connectivity index (χ2n) is 5.93. The molecule has 1 saturated carbocycles. The highest BCUT2D eigenvalue weighted by atomic mass is 19.3. The minimum atomic E-state index is -2.79. The molecule has 5 heteroatoms. The molecule has 0 heterocycles. The van der Waals surface area contributed by atoms with Crippen LogP contribution in [0.1, 0.15) is 38.3 Å². The number of rotatable bonds is 8. The van der Waals surface area contributed by atoms with Crippen molar-refractivity contribution in [1.82, 2.24) is 4.90 Å². The molecule has 0 radical (unpaired) electrons. The smallest absolute Gasteiger partial charge is 0.387 e. The largest absolute Gasteiger partial charge is 0.435 e. The fraction of sp³-hybridized carbons (Fsp3) is 0.625. The van der Waals surface area contributed by atoms with E-state index in [2.05, 4.69) is 23.5 Å². The monoisotopic (exact) mass is 298 g/mol. The molecule has 3 nitrogen and oxygen atoms in total. The van der Waals surface area contributed by atoms with Crippen LogP contribution in [-0.4, -0.2) is 30.6 Å². The lowest BCUT2D eigenvalue weighted by Crippen LogP contribution is -2.40. The molecule has 0 bridgehead atoms. The quantitative estimate of drug-likeness (QED) is 0.799. The highest BCUT2D eigenvalue weighted by Gasteiger charge is 2.29. The molecule has 2 N–H and O–H groups in total. The Labute approximate surface area is 125 Å². The number of benzene rings is 1. The van der Waals surface area contributed by atoms with Crippen molar-refractivity contribution < 1.29 is 13.5 Å². The van der Waals surface area contributed by atoms with E-state index in [1.807, 2.05) is 12.1 Å². The molecule has 1 unspecified atom stereocenters. The third kappa shape index (κ3) is 4.64. The fourth-order valence-corrected chi connectivity index (χ4v) is 2.63. The lowest BCUT2D eigenvalue weighted by atomic mass is 10.0. The maximum absolute atomic E-state index is 12.2. The van der Waals surface area contributed by atoms with Crippen molar-refractivity contribution in [2.45, 2.75) is 45.4 Å². The summed E-state index contributed by atoms with van der Waals surface area (Å²) in [5.74, 6) is 0.964. The van der Waals surface area contributed by atoms with Gasteiger partial charge in [-0.3, -0.25) is 4.90 Å². The average Bonchev–Trinajstić information content (AvgIpc) is 3.23. The van der Waals surface area contributed by atoms with Gasteiger partial charge in [0.2, 0.25) is 0 Å². The first-order valence-electron chi connectivity index (χ1n) is 7.51. The van der Waals surface area contributed by atoms with Gasteiger partial charge in [0.1, 0.15) is 5.75 Å². The van der Waals surface area contributed by atoms with E-state index in [1.165, 1.54) is 12.8 Å². The summed E-state index contributed by atoms with van der Waals surface area (Å²) in [6.45, 7) is 3.11. The highest BCUT2D eigenvalue weighted by Crippen LogP contribution is 2.34. The third-order valence-corrected chi connectivity index (χ3v) is 3.94. The van der Waals surface area contributed by atoms with Gasteiger partial charge >= 0.3 is 6.61 Å². The standard InChI is InChI=1S/C16H24F2N2O/c1-11(2)20(10-12-3-4-12)15(9-19)13-5-7-14(8-6-13)21-16(17)18/h5-8,11-12,15-16H,3-4,9-10,19H2,1-2H3. The number of halogens is 2. The molecule has 0 saturated heterocycles. The Balaban J connectivity index is 2.10. The molecule has 0 amide bonds. The van der Waals surface area contributed by atoms with Gasteiger partial charge in [-0.05, 0) is 50.3 Å². The molecule has 2 rings (SSSR count). The first kappa shape index (κ1) is 16.2. The molecular formula is C16H24F2N2O. The van der Waals surface area contributed by atoms with Crippen molar-refractivity contribution in [2.75, 3.05) is 13.1 Å². The molecule has 1 aromatic carbocycles. The number of ether oxygens (including phenoxy) is 1. The summed E-state index contributed by atoms with van der Waals surface area (Å²) in [6, 6.07) is 7.34. The van der Waals surface area contributed by atoms with Gasteiger partial charge in [-0.2, -0.15) is 8.78 Å². The second kappa shape index (κ2) is 7.18. The molecule has 1 fully saturated rings. The molecule has 21 heavy (non-hydrogen) atoms. The summed E-state index contributed by atoms with van der Waals surface area (Å²) in [6.07, 6.45) is 2.59. The maximum Gasteiger partial charge on any atom is 0.387 e. The predicted octanol–water partition coefficient (Wildman–Crippen LogP) is 3.41. The van der Waals surface area contributed by atoms with Gasteiger partial charge in [-0.1, -0.05) is 12.1 Å². The van der Waals surface area contributed by atoms with E-state index >= 15 is 0 Å². The van der Waals surface area contributed by atoms with Crippen molar-refractivity contribution in [3.05, 3.63) is 29.8 Å². The summed E-state index contributed by atoms with van der Waals surface area (Å²) in [5, 5.41) is 0. The van der Waals surface area contributed by atoms with Crippen LogP contribution in [0.2, 0.25) is 0 Å². The van der Waals surface area contributed by atoms with Crippen molar-refractivity contribution in [3.8, 4) is 5.75 Å². The van der Waals surface area contributed by atoms with Gasteiger partial charge in [0.05, 0.1) is 0 Å². The summed E-state index contributed by atoms with van der Waals surface area (Å²) < 4.78 is 28.7. The van der Waals surface area contributed by atoms with Crippen molar-refractivity contribution in [2.24, 2.45) is 11.7 Å². The minimum absolute atomic E-state index is 0.117. The van der Waals surface area contributed by atoms with Crippen LogP contribution in [0.25, 0.3) is 0 Å². The molecule has 1 aliphatic carbocycles. The van der Waals surface area contributed by atoms with Crippen LogP contribution in [0.5, 0.6) is 5.75 Å². The van der Waals surface area contributed by atoms with Crippen LogP contribution in [0.4, 0.5) is 8.78 Å². The lowest BCUT2D eigenvalue weighted by Gasteiger charge is -2.35. The van der Waals surface area contributed by atoms with Gasteiger partial charge in [-0.25, -0.2) is 0 Å². The molecule has 0 aliphatic heterocycles. The van der Waals surface area contributed by atoms with Crippen LogP contribution < -0.4 is 10.5 Å². The van der Waals surface area contributed by atoms with Crippen LogP contribution in [0.3, 0.4) is 0 Å². The van der Waals surface area contributed by atoms with E-state index in [0.29, 0.717) is 12.6 Å². The summed E-state index contributed by atoms with van der Waals surface area (Å²) in [7, 11) is 0. The Bertz CT molecular complexity index is 432. The van der Waals surface area contributed by atoms with Gasteiger partial charge in [0, 0.05) is 25.2 Å². The second-order valence-corrected chi connectivity index (χ2v) is 5.93. The maximum atomic E-state index is 12.2.